The third kappa shape index (κ3) is 7.59. The molecule has 0 aromatic rings. The summed E-state index contributed by atoms with van der Waals surface area (Å²) < 4.78 is 35.1. The summed E-state index contributed by atoms with van der Waals surface area (Å²) in [6.07, 6.45) is 0. The number of hydrogen-bond donors (Lipinski definition) is 2. The van der Waals surface area contributed by atoms with Crippen molar-refractivity contribution in [1.29, 1.82) is 0 Å². The van der Waals surface area contributed by atoms with Crippen LogP contribution in [-0.4, -0.2) is 58.2 Å². The van der Waals surface area contributed by atoms with Crippen LogP contribution < -0.4 is 4.72 Å². The number of nitrogens with one attached hydrogen (secondary N) is 1. The van der Waals surface area contributed by atoms with E-state index in [-0.39, 0.29) is 18.3 Å². The van der Waals surface area contributed by atoms with Crippen molar-refractivity contribution in [1.82, 2.24) is 4.72 Å². The summed E-state index contributed by atoms with van der Waals surface area (Å²) in [5.41, 5.74) is 0. The van der Waals surface area contributed by atoms with E-state index >= 15 is 0 Å². The minimum atomic E-state index is -3.65. The minimum Gasteiger partial charge on any atom is -0.480 e. The highest BCUT2D eigenvalue weighted by atomic mass is 32.2. The zero-order valence-electron chi connectivity index (χ0n) is 10.9. The Morgan fingerprint density at radius 2 is 1.89 bits per heavy atom. The number of aliphatic carboxylic acids is 1. The number of methoxy groups -OCH3 is 1. The fourth-order valence-electron chi connectivity index (χ4n) is 1.14. The lowest BCUT2D eigenvalue weighted by Crippen LogP contribution is -2.45. The van der Waals surface area contributed by atoms with Gasteiger partial charge in [0.25, 0.3) is 0 Å². The van der Waals surface area contributed by atoms with E-state index in [0.29, 0.717) is 13.2 Å². The number of carboxylic acid groups (broad SMARTS) is 1. The van der Waals surface area contributed by atoms with Gasteiger partial charge in [0.15, 0.2) is 0 Å². The molecule has 0 bridgehead atoms. The Morgan fingerprint density at radius 1 is 1.28 bits per heavy atom. The van der Waals surface area contributed by atoms with Gasteiger partial charge in [-0.1, -0.05) is 13.8 Å². The van der Waals surface area contributed by atoms with Gasteiger partial charge in [-0.15, -0.1) is 0 Å². The maximum absolute atomic E-state index is 11.6. The smallest absolute Gasteiger partial charge is 0.321 e. The van der Waals surface area contributed by atoms with Gasteiger partial charge in [0.1, 0.15) is 6.04 Å². The molecule has 0 spiro atoms. The number of hydrogen-bond acceptors (Lipinski definition) is 5. The Labute approximate surface area is 108 Å². The molecule has 0 unspecified atom stereocenters. The number of rotatable bonds is 10. The van der Waals surface area contributed by atoms with Crippen molar-refractivity contribution < 1.29 is 27.8 Å². The van der Waals surface area contributed by atoms with Crippen LogP contribution in [0.15, 0.2) is 0 Å². The molecule has 0 aliphatic carbocycles. The molecule has 0 saturated heterocycles. The molecule has 0 aliphatic rings. The summed E-state index contributed by atoms with van der Waals surface area (Å²) >= 11 is 0. The highest BCUT2D eigenvalue weighted by molar-refractivity contribution is 7.89. The molecule has 0 fully saturated rings. The third-order valence-electron chi connectivity index (χ3n) is 2.17. The molecule has 8 heteroatoms. The van der Waals surface area contributed by atoms with Crippen LogP contribution in [0.3, 0.4) is 0 Å². The van der Waals surface area contributed by atoms with Gasteiger partial charge < -0.3 is 14.6 Å². The van der Waals surface area contributed by atoms with Crippen molar-refractivity contribution in [2.24, 2.45) is 5.92 Å². The lowest BCUT2D eigenvalue weighted by Gasteiger charge is -2.17. The maximum atomic E-state index is 11.6. The molecule has 0 aromatic heterocycles. The predicted molar refractivity (Wildman–Crippen MR) is 65.9 cm³/mol. The highest BCUT2D eigenvalue weighted by Crippen LogP contribution is 2.03. The normalized spacial score (nSPS) is 13.8. The molecule has 0 saturated carbocycles. The zero-order valence-corrected chi connectivity index (χ0v) is 11.7. The quantitative estimate of drug-likeness (QED) is 0.533. The Hall–Kier alpha value is -0.700. The number of carbonyl (C=O) groups is 1. The summed E-state index contributed by atoms with van der Waals surface area (Å²) in [5.74, 6) is -1.78. The third-order valence-corrected chi connectivity index (χ3v) is 3.48. The fourth-order valence-corrected chi connectivity index (χ4v) is 2.35. The van der Waals surface area contributed by atoms with Crippen molar-refractivity contribution in [2.75, 3.05) is 32.7 Å². The first kappa shape index (κ1) is 17.3. The minimum absolute atomic E-state index is 0.00310. The molecule has 7 nitrogen and oxygen atoms in total. The first-order chi connectivity index (χ1) is 8.30. The van der Waals surface area contributed by atoms with Gasteiger partial charge in [-0.2, -0.15) is 0 Å². The summed E-state index contributed by atoms with van der Waals surface area (Å²) in [5, 5.41) is 8.87. The molecule has 0 radical (unpaired) electrons. The lowest BCUT2D eigenvalue weighted by atomic mass is 10.1. The van der Waals surface area contributed by atoms with Crippen LogP contribution in [0.1, 0.15) is 13.8 Å². The van der Waals surface area contributed by atoms with Gasteiger partial charge >= 0.3 is 5.97 Å². The second kappa shape index (κ2) is 8.41. The maximum Gasteiger partial charge on any atom is 0.321 e. The molecular formula is C10H21NO6S. The van der Waals surface area contributed by atoms with Gasteiger partial charge in [0, 0.05) is 7.11 Å². The van der Waals surface area contributed by atoms with E-state index < -0.39 is 22.0 Å². The number of sulfonamides is 1. The standard InChI is InChI=1S/C10H21NO6S/c1-8(2)9(10(12)13)11-18(14,15)7-6-17-5-4-16-3/h8-9,11H,4-7H2,1-3H3,(H,12,13)/t9-/m0/s1. The van der Waals surface area contributed by atoms with Gasteiger partial charge in [-0.05, 0) is 5.92 Å². The average molecular weight is 283 g/mol. The Balaban J connectivity index is 4.17. The van der Waals surface area contributed by atoms with Crippen LogP contribution in [0, 0.1) is 5.92 Å². The first-order valence-electron chi connectivity index (χ1n) is 5.59. The van der Waals surface area contributed by atoms with Gasteiger partial charge in [0.2, 0.25) is 10.0 Å². The Morgan fingerprint density at radius 3 is 2.33 bits per heavy atom. The van der Waals surface area contributed by atoms with Crippen LogP contribution in [0.25, 0.3) is 0 Å². The number of ether oxygens (including phenoxy) is 2. The molecule has 2 N–H and O–H groups in total. The molecule has 0 heterocycles. The van der Waals surface area contributed by atoms with Crippen LogP contribution in [0.4, 0.5) is 0 Å². The van der Waals surface area contributed by atoms with Crippen molar-refractivity contribution in [3.8, 4) is 0 Å². The summed E-state index contributed by atoms with van der Waals surface area (Å²) in [4.78, 5) is 10.9. The number of carboxylic acids is 1. The van der Waals surface area contributed by atoms with Gasteiger partial charge in [-0.3, -0.25) is 4.79 Å². The van der Waals surface area contributed by atoms with Gasteiger partial charge in [-0.25, -0.2) is 13.1 Å². The monoisotopic (exact) mass is 283 g/mol. The topological polar surface area (TPSA) is 102 Å². The van der Waals surface area contributed by atoms with Crippen LogP contribution in [0.2, 0.25) is 0 Å². The zero-order chi connectivity index (χ0) is 14.2. The molecular weight excluding hydrogens is 262 g/mol. The van der Waals surface area contributed by atoms with E-state index in [1.165, 1.54) is 7.11 Å². The molecule has 18 heavy (non-hydrogen) atoms. The Bertz CT molecular complexity index is 340. The molecule has 108 valence electrons. The second-order valence-electron chi connectivity index (χ2n) is 4.10. The second-order valence-corrected chi connectivity index (χ2v) is 5.98. The van der Waals surface area contributed by atoms with E-state index in [4.69, 9.17) is 14.6 Å². The van der Waals surface area contributed by atoms with Crippen LogP contribution in [0.5, 0.6) is 0 Å². The van der Waals surface area contributed by atoms with Crippen LogP contribution >= 0.6 is 0 Å². The first-order valence-corrected chi connectivity index (χ1v) is 7.25. The van der Waals surface area contributed by atoms with E-state index in [1.807, 2.05) is 0 Å². The average Bonchev–Trinajstić information content (AvgIpc) is 2.25. The van der Waals surface area contributed by atoms with E-state index in [0.717, 1.165) is 0 Å². The predicted octanol–water partition coefficient (Wildman–Crippen LogP) is -0.322. The molecule has 0 rings (SSSR count). The van der Waals surface area contributed by atoms with E-state index in [2.05, 4.69) is 4.72 Å². The molecule has 1 atom stereocenters. The molecule has 0 aliphatic heterocycles. The van der Waals surface area contributed by atoms with Crippen molar-refractivity contribution in [2.45, 2.75) is 19.9 Å². The van der Waals surface area contributed by atoms with E-state index in [9.17, 15) is 13.2 Å². The van der Waals surface area contributed by atoms with Crippen molar-refractivity contribution >= 4 is 16.0 Å². The fraction of sp³-hybridized carbons (Fsp3) is 0.900. The Kier molecular flexibility index (Phi) is 8.08. The molecule has 0 aromatic carbocycles. The summed E-state index contributed by atoms with van der Waals surface area (Å²) in [6, 6.07) is -1.12. The van der Waals surface area contributed by atoms with Crippen molar-refractivity contribution in [3.05, 3.63) is 0 Å². The SMILES string of the molecule is COCCOCCS(=O)(=O)N[C@H](C(=O)O)C(C)C. The highest BCUT2D eigenvalue weighted by Gasteiger charge is 2.26. The summed E-state index contributed by atoms with van der Waals surface area (Å²) in [6.45, 7) is 3.96. The largest absolute Gasteiger partial charge is 0.480 e. The van der Waals surface area contributed by atoms with Gasteiger partial charge in [0.05, 0.1) is 25.6 Å². The van der Waals surface area contributed by atoms with Crippen molar-refractivity contribution in [3.63, 3.8) is 0 Å². The van der Waals surface area contributed by atoms with E-state index in [1.54, 1.807) is 13.8 Å². The lowest BCUT2D eigenvalue weighted by molar-refractivity contribution is -0.140. The van der Waals surface area contributed by atoms with Crippen LogP contribution in [-0.2, 0) is 24.3 Å². The molecule has 0 amide bonds. The summed E-state index contributed by atoms with van der Waals surface area (Å²) in [7, 11) is -2.14.